The number of imidazole rings is 2. The van der Waals surface area contributed by atoms with Crippen molar-refractivity contribution >= 4 is 68.8 Å². The highest BCUT2D eigenvalue weighted by atomic mass is 32.2. The number of fused-ring (bicyclic) bond motifs is 2. The number of hydrogen-bond acceptors (Lipinski definition) is 10. The number of nitro groups is 2. The molecule has 0 aliphatic rings. The van der Waals surface area contributed by atoms with Crippen LogP contribution >= 0.6 is 23.5 Å². The van der Waals surface area contributed by atoms with Crippen LogP contribution in [0.1, 0.15) is 0 Å². The van der Waals surface area contributed by atoms with Crippen LogP contribution in [0.4, 0.5) is 11.4 Å². The van der Waals surface area contributed by atoms with E-state index < -0.39 is 21.7 Å². The summed E-state index contributed by atoms with van der Waals surface area (Å²) in [6, 6.07) is 8.39. The second kappa shape index (κ2) is 9.25. The van der Waals surface area contributed by atoms with E-state index in [0.29, 0.717) is 32.4 Å². The monoisotopic (exact) mass is 487 g/mol. The molecule has 0 radical (unpaired) electrons. The van der Waals surface area contributed by atoms with Gasteiger partial charge in [0.1, 0.15) is 0 Å². The lowest BCUT2D eigenvalue weighted by molar-refractivity contribution is -0.384. The van der Waals surface area contributed by atoms with Crippen molar-refractivity contribution in [2.75, 3.05) is 11.5 Å². The Kier molecular flexibility index (Phi) is 6.23. The van der Waals surface area contributed by atoms with E-state index in [1.807, 2.05) is 0 Å². The average Bonchev–Trinajstić information content (AvgIpc) is 3.38. The van der Waals surface area contributed by atoms with E-state index in [4.69, 9.17) is 0 Å². The number of H-pyrrole nitrogens is 2. The van der Waals surface area contributed by atoms with Crippen molar-refractivity contribution in [2.24, 2.45) is 0 Å². The van der Waals surface area contributed by atoms with Crippen LogP contribution in [0.3, 0.4) is 0 Å². The molecule has 0 spiro atoms. The van der Waals surface area contributed by atoms with E-state index in [2.05, 4.69) is 25.3 Å². The first kappa shape index (κ1) is 22.2. The van der Waals surface area contributed by atoms with Gasteiger partial charge in [-0.25, -0.2) is 9.97 Å². The average molecular weight is 487 g/mol. The number of carbonyl (C=O) groups is 2. The van der Waals surface area contributed by atoms with Crippen molar-refractivity contribution in [3.05, 3.63) is 56.6 Å². The first-order chi connectivity index (χ1) is 15.8. The molecule has 4 aromatic rings. The topological polar surface area (TPSA) is 190 Å². The van der Waals surface area contributed by atoms with E-state index >= 15 is 0 Å². The van der Waals surface area contributed by atoms with Gasteiger partial charge in [-0.3, -0.25) is 35.1 Å². The highest BCUT2D eigenvalue weighted by molar-refractivity contribution is 8.00. The van der Waals surface area contributed by atoms with E-state index in [9.17, 15) is 29.8 Å². The van der Waals surface area contributed by atoms with E-state index in [-0.39, 0.29) is 22.9 Å². The molecule has 15 heteroatoms. The minimum absolute atomic E-state index is 0.0776. The standard InChI is InChI=1S/C18H13N7O6S2/c26-15(7-32-17-19-11-3-1-9(24(28)29)5-13(11)21-17)23-16(27)8-33-18-20-12-4-2-10(25(30)31)6-14(12)22-18/h1-6H,7-8H2,(H,19,21)(H,20,22)(H,23,26,27). The SMILES string of the molecule is O=C(CSc1nc2ccc([N+](=O)[O-])cc2[nH]1)NC(=O)CSc1nc2ccc([N+](=O)[O-])cc2[nH]1. The van der Waals surface area contributed by atoms with Crippen molar-refractivity contribution in [2.45, 2.75) is 10.3 Å². The Bertz CT molecular complexity index is 1310. The summed E-state index contributed by atoms with van der Waals surface area (Å²) in [5, 5.41) is 24.7. The van der Waals surface area contributed by atoms with Gasteiger partial charge in [-0.2, -0.15) is 0 Å². The number of carbonyl (C=O) groups excluding carboxylic acids is 2. The summed E-state index contributed by atoms with van der Waals surface area (Å²) in [6.07, 6.45) is 0. The Hall–Kier alpha value is -3.98. The molecule has 0 atom stereocenters. The fourth-order valence-corrected chi connectivity index (χ4v) is 4.18. The molecule has 2 amide bonds. The lowest BCUT2D eigenvalue weighted by Crippen LogP contribution is -2.33. The molecule has 2 heterocycles. The number of imide groups is 1. The number of nitro benzene ring substituents is 2. The number of nitrogens with one attached hydrogen (secondary N) is 3. The Morgan fingerprint density at radius 3 is 1.64 bits per heavy atom. The maximum Gasteiger partial charge on any atom is 0.271 e. The zero-order valence-electron chi connectivity index (χ0n) is 16.4. The molecule has 13 nitrogen and oxygen atoms in total. The highest BCUT2D eigenvalue weighted by Gasteiger charge is 2.14. The summed E-state index contributed by atoms with van der Waals surface area (Å²) < 4.78 is 0. The summed E-state index contributed by atoms with van der Waals surface area (Å²) >= 11 is 2.10. The molecule has 0 aliphatic carbocycles. The first-order valence-electron chi connectivity index (χ1n) is 9.15. The quantitative estimate of drug-likeness (QED) is 0.189. The van der Waals surface area contributed by atoms with Gasteiger partial charge in [-0.1, -0.05) is 23.5 Å². The maximum absolute atomic E-state index is 12.1. The third kappa shape index (κ3) is 5.27. The molecule has 4 rings (SSSR count). The second-order valence-electron chi connectivity index (χ2n) is 6.55. The Balaban J connectivity index is 1.28. The minimum Gasteiger partial charge on any atom is -0.333 e. The molecule has 0 fully saturated rings. The van der Waals surface area contributed by atoms with Crippen LogP contribution in [0, 0.1) is 20.2 Å². The lowest BCUT2D eigenvalue weighted by atomic mass is 10.3. The van der Waals surface area contributed by atoms with Gasteiger partial charge in [0.05, 0.1) is 43.4 Å². The number of nitrogens with zero attached hydrogens (tertiary/aromatic N) is 4. The van der Waals surface area contributed by atoms with Crippen LogP contribution in [0.2, 0.25) is 0 Å². The van der Waals surface area contributed by atoms with Crippen LogP contribution in [-0.4, -0.2) is 53.1 Å². The van der Waals surface area contributed by atoms with Crippen molar-refractivity contribution in [3.63, 3.8) is 0 Å². The molecule has 0 saturated carbocycles. The number of rotatable bonds is 8. The summed E-state index contributed by atoms with van der Waals surface area (Å²) in [5.74, 6) is -1.24. The van der Waals surface area contributed by atoms with Gasteiger partial charge in [0.25, 0.3) is 11.4 Å². The summed E-state index contributed by atoms with van der Waals surface area (Å²) in [5.41, 5.74) is 1.82. The van der Waals surface area contributed by atoms with Gasteiger partial charge in [0.15, 0.2) is 10.3 Å². The lowest BCUT2D eigenvalue weighted by Gasteiger charge is -2.02. The molecule has 3 N–H and O–H groups in total. The third-order valence-electron chi connectivity index (χ3n) is 4.27. The van der Waals surface area contributed by atoms with Gasteiger partial charge in [0, 0.05) is 24.3 Å². The Morgan fingerprint density at radius 1 is 0.818 bits per heavy atom. The smallest absolute Gasteiger partial charge is 0.271 e. The number of aromatic nitrogens is 4. The predicted molar refractivity (Wildman–Crippen MR) is 120 cm³/mol. The fraction of sp³-hybridized carbons (Fsp3) is 0.111. The second-order valence-corrected chi connectivity index (χ2v) is 8.48. The summed E-state index contributed by atoms with van der Waals surface area (Å²) in [6.45, 7) is 0. The number of non-ortho nitro benzene ring substituents is 2. The number of thioether (sulfide) groups is 2. The summed E-state index contributed by atoms with van der Waals surface area (Å²) in [7, 11) is 0. The van der Waals surface area contributed by atoms with Crippen LogP contribution in [-0.2, 0) is 9.59 Å². The van der Waals surface area contributed by atoms with Crippen LogP contribution in [0.15, 0.2) is 46.7 Å². The highest BCUT2D eigenvalue weighted by Crippen LogP contribution is 2.24. The van der Waals surface area contributed by atoms with Crippen LogP contribution in [0.25, 0.3) is 22.1 Å². The van der Waals surface area contributed by atoms with Crippen molar-refractivity contribution < 1.29 is 19.4 Å². The zero-order valence-corrected chi connectivity index (χ0v) is 18.1. The van der Waals surface area contributed by atoms with E-state index in [0.717, 1.165) is 23.5 Å². The van der Waals surface area contributed by atoms with Crippen molar-refractivity contribution in [3.8, 4) is 0 Å². The molecular weight excluding hydrogens is 474 g/mol. The number of amides is 2. The van der Waals surface area contributed by atoms with E-state index in [1.54, 1.807) is 0 Å². The predicted octanol–water partition coefficient (Wildman–Crippen LogP) is 2.78. The number of benzene rings is 2. The van der Waals surface area contributed by atoms with Crippen molar-refractivity contribution in [1.82, 2.24) is 25.3 Å². The Morgan fingerprint density at radius 2 is 1.24 bits per heavy atom. The molecule has 168 valence electrons. The molecular formula is C18H13N7O6S2. The molecule has 33 heavy (non-hydrogen) atoms. The van der Waals surface area contributed by atoms with Crippen LogP contribution in [0.5, 0.6) is 0 Å². The van der Waals surface area contributed by atoms with E-state index in [1.165, 1.54) is 36.4 Å². The molecule has 2 aromatic carbocycles. The van der Waals surface area contributed by atoms with Gasteiger partial charge in [0.2, 0.25) is 11.8 Å². The number of hydrogen-bond donors (Lipinski definition) is 3. The molecule has 0 bridgehead atoms. The third-order valence-corrected chi connectivity index (χ3v) is 6.01. The van der Waals surface area contributed by atoms with Gasteiger partial charge in [-0.15, -0.1) is 0 Å². The van der Waals surface area contributed by atoms with Gasteiger partial charge >= 0.3 is 0 Å². The normalized spacial score (nSPS) is 11.0. The number of aromatic amines is 2. The molecule has 0 unspecified atom stereocenters. The maximum atomic E-state index is 12.1. The summed E-state index contributed by atoms with van der Waals surface area (Å²) in [4.78, 5) is 59.0. The first-order valence-corrected chi connectivity index (χ1v) is 11.1. The zero-order chi connectivity index (χ0) is 23.5. The molecule has 0 aliphatic heterocycles. The molecule has 2 aromatic heterocycles. The molecule has 0 saturated heterocycles. The largest absolute Gasteiger partial charge is 0.333 e. The van der Waals surface area contributed by atoms with Gasteiger partial charge < -0.3 is 9.97 Å². The minimum atomic E-state index is -0.530. The van der Waals surface area contributed by atoms with Crippen LogP contribution < -0.4 is 5.32 Å². The van der Waals surface area contributed by atoms with Gasteiger partial charge in [-0.05, 0) is 12.1 Å². The van der Waals surface area contributed by atoms with Crippen molar-refractivity contribution in [1.29, 1.82) is 0 Å². The fourth-order valence-electron chi connectivity index (χ4n) is 2.81. The Labute approximate surface area is 192 Å².